The van der Waals surface area contributed by atoms with E-state index in [1.807, 2.05) is 18.2 Å². The van der Waals surface area contributed by atoms with Crippen LogP contribution in [-0.2, 0) is 4.74 Å². The van der Waals surface area contributed by atoms with Crippen LogP contribution in [0.3, 0.4) is 0 Å². The van der Waals surface area contributed by atoms with Crippen molar-refractivity contribution >= 4 is 17.3 Å². The van der Waals surface area contributed by atoms with Crippen LogP contribution < -0.4 is 4.90 Å². The fourth-order valence-corrected chi connectivity index (χ4v) is 3.37. The molecule has 2 saturated heterocycles. The first-order chi connectivity index (χ1) is 10.3. The number of benzene rings is 1. The minimum atomic E-state index is 0.546. The number of anilines is 1. The summed E-state index contributed by atoms with van der Waals surface area (Å²) in [6.45, 7) is 7.13. The second kappa shape index (κ2) is 6.65. The van der Waals surface area contributed by atoms with E-state index < -0.39 is 0 Å². The molecule has 0 N–H and O–H groups in total. The molecular formula is C16H20ClN3O. The molecule has 21 heavy (non-hydrogen) atoms. The zero-order valence-electron chi connectivity index (χ0n) is 12.1. The molecule has 2 aliphatic rings. The van der Waals surface area contributed by atoms with E-state index in [4.69, 9.17) is 21.6 Å². The van der Waals surface area contributed by atoms with Gasteiger partial charge in [-0.25, -0.2) is 0 Å². The summed E-state index contributed by atoms with van der Waals surface area (Å²) < 4.78 is 5.40. The number of halogens is 1. The van der Waals surface area contributed by atoms with Gasteiger partial charge in [-0.05, 0) is 30.5 Å². The minimum absolute atomic E-state index is 0.546. The molecule has 112 valence electrons. The zero-order valence-corrected chi connectivity index (χ0v) is 12.9. The summed E-state index contributed by atoms with van der Waals surface area (Å²) in [5.41, 5.74) is 1.67. The van der Waals surface area contributed by atoms with Gasteiger partial charge < -0.3 is 9.64 Å². The Morgan fingerprint density at radius 2 is 2.10 bits per heavy atom. The van der Waals surface area contributed by atoms with Crippen LogP contribution in [0.1, 0.15) is 12.0 Å². The molecule has 0 bridgehead atoms. The number of morpholine rings is 1. The first-order valence-corrected chi connectivity index (χ1v) is 7.89. The topological polar surface area (TPSA) is 39.5 Å². The molecule has 0 radical (unpaired) electrons. The predicted octanol–water partition coefficient (Wildman–Crippen LogP) is 2.37. The minimum Gasteiger partial charge on any atom is -0.379 e. The van der Waals surface area contributed by atoms with E-state index in [9.17, 15) is 0 Å². The molecule has 1 unspecified atom stereocenters. The normalized spacial score (nSPS) is 23.2. The first kappa shape index (κ1) is 14.6. The molecule has 1 aromatic rings. The SMILES string of the molecule is N#Cc1ccc(N2CCC(CN3CCOCC3)C2)cc1Cl. The highest BCUT2D eigenvalue weighted by molar-refractivity contribution is 6.32. The van der Waals surface area contributed by atoms with Crippen molar-refractivity contribution < 1.29 is 4.74 Å². The smallest absolute Gasteiger partial charge is 0.101 e. The number of nitrogens with zero attached hydrogens (tertiary/aromatic N) is 3. The Morgan fingerprint density at radius 3 is 2.81 bits per heavy atom. The molecular weight excluding hydrogens is 286 g/mol. The lowest BCUT2D eigenvalue weighted by Gasteiger charge is -2.29. The van der Waals surface area contributed by atoms with Crippen LogP contribution in [0, 0.1) is 17.2 Å². The average Bonchev–Trinajstić information content (AvgIpc) is 2.97. The maximum absolute atomic E-state index is 8.94. The lowest BCUT2D eigenvalue weighted by Crippen LogP contribution is -2.39. The summed E-state index contributed by atoms with van der Waals surface area (Å²) in [5.74, 6) is 0.706. The fraction of sp³-hybridized carbons (Fsp3) is 0.562. The van der Waals surface area contributed by atoms with Crippen molar-refractivity contribution in [3.05, 3.63) is 28.8 Å². The third-order valence-electron chi connectivity index (χ3n) is 4.34. The third-order valence-corrected chi connectivity index (χ3v) is 4.66. The second-order valence-electron chi connectivity index (χ2n) is 5.79. The number of nitriles is 1. The van der Waals surface area contributed by atoms with Crippen molar-refractivity contribution in [2.75, 3.05) is 50.8 Å². The van der Waals surface area contributed by atoms with Gasteiger partial charge in [-0.3, -0.25) is 4.90 Å². The second-order valence-corrected chi connectivity index (χ2v) is 6.20. The molecule has 3 rings (SSSR count). The maximum atomic E-state index is 8.94. The molecule has 0 spiro atoms. The summed E-state index contributed by atoms with van der Waals surface area (Å²) in [6.07, 6.45) is 1.22. The quantitative estimate of drug-likeness (QED) is 0.859. The van der Waals surface area contributed by atoms with Crippen LogP contribution in [0.25, 0.3) is 0 Å². The lowest BCUT2D eigenvalue weighted by molar-refractivity contribution is 0.0320. The van der Waals surface area contributed by atoms with Gasteiger partial charge in [0.05, 0.1) is 23.8 Å². The monoisotopic (exact) mass is 305 g/mol. The Hall–Kier alpha value is -1.28. The maximum Gasteiger partial charge on any atom is 0.101 e. The van der Waals surface area contributed by atoms with Crippen molar-refractivity contribution in [2.45, 2.75) is 6.42 Å². The molecule has 0 aromatic heterocycles. The molecule has 2 heterocycles. The Labute approximate surface area is 130 Å². The highest BCUT2D eigenvalue weighted by Crippen LogP contribution is 2.28. The van der Waals surface area contributed by atoms with Gasteiger partial charge in [-0.2, -0.15) is 5.26 Å². The molecule has 1 atom stereocenters. The third kappa shape index (κ3) is 3.49. The number of hydrogen-bond donors (Lipinski definition) is 0. The van der Waals surface area contributed by atoms with E-state index in [-0.39, 0.29) is 0 Å². The van der Waals surface area contributed by atoms with E-state index in [2.05, 4.69) is 15.9 Å². The van der Waals surface area contributed by atoms with Crippen LogP contribution in [0.2, 0.25) is 5.02 Å². The van der Waals surface area contributed by atoms with E-state index in [0.717, 1.165) is 51.6 Å². The fourth-order valence-electron chi connectivity index (χ4n) is 3.16. The van der Waals surface area contributed by atoms with Crippen molar-refractivity contribution in [1.29, 1.82) is 5.26 Å². The largest absolute Gasteiger partial charge is 0.379 e. The molecule has 0 amide bonds. The van der Waals surface area contributed by atoms with E-state index in [0.29, 0.717) is 16.5 Å². The van der Waals surface area contributed by atoms with Gasteiger partial charge >= 0.3 is 0 Å². The van der Waals surface area contributed by atoms with Gasteiger partial charge in [0.15, 0.2) is 0 Å². The highest BCUT2D eigenvalue weighted by atomic mass is 35.5. The zero-order chi connectivity index (χ0) is 14.7. The average molecular weight is 306 g/mol. The molecule has 4 nitrogen and oxygen atoms in total. The van der Waals surface area contributed by atoms with Gasteiger partial charge in [0, 0.05) is 38.4 Å². The highest BCUT2D eigenvalue weighted by Gasteiger charge is 2.25. The van der Waals surface area contributed by atoms with Crippen LogP contribution in [0.15, 0.2) is 18.2 Å². The predicted molar refractivity (Wildman–Crippen MR) is 83.7 cm³/mol. The Kier molecular flexibility index (Phi) is 4.64. The Balaban J connectivity index is 1.59. The molecule has 1 aromatic carbocycles. The standard InChI is InChI=1S/C16H20ClN3O/c17-16-9-15(2-1-14(16)10-18)20-4-3-13(12-20)11-19-5-7-21-8-6-19/h1-2,9,13H,3-8,11-12H2. The molecule has 0 aliphatic carbocycles. The summed E-state index contributed by atoms with van der Waals surface area (Å²) in [6, 6.07) is 7.83. The van der Waals surface area contributed by atoms with Gasteiger partial charge in [0.1, 0.15) is 6.07 Å². The van der Waals surface area contributed by atoms with Crippen LogP contribution in [-0.4, -0.2) is 50.8 Å². The van der Waals surface area contributed by atoms with Gasteiger partial charge in [-0.15, -0.1) is 0 Å². The first-order valence-electron chi connectivity index (χ1n) is 7.51. The van der Waals surface area contributed by atoms with Gasteiger partial charge in [-0.1, -0.05) is 11.6 Å². The summed E-state index contributed by atoms with van der Waals surface area (Å²) in [4.78, 5) is 4.88. The van der Waals surface area contributed by atoms with E-state index >= 15 is 0 Å². The summed E-state index contributed by atoms with van der Waals surface area (Å²) in [7, 11) is 0. The van der Waals surface area contributed by atoms with Crippen molar-refractivity contribution in [2.24, 2.45) is 5.92 Å². The van der Waals surface area contributed by atoms with Crippen molar-refractivity contribution in [3.8, 4) is 6.07 Å². The van der Waals surface area contributed by atoms with Crippen molar-refractivity contribution in [3.63, 3.8) is 0 Å². The summed E-state index contributed by atoms with van der Waals surface area (Å²) >= 11 is 6.13. The van der Waals surface area contributed by atoms with Crippen LogP contribution in [0.5, 0.6) is 0 Å². The molecule has 0 saturated carbocycles. The Morgan fingerprint density at radius 1 is 1.29 bits per heavy atom. The van der Waals surface area contributed by atoms with Crippen LogP contribution in [0.4, 0.5) is 5.69 Å². The molecule has 2 fully saturated rings. The van der Waals surface area contributed by atoms with Crippen LogP contribution >= 0.6 is 11.6 Å². The van der Waals surface area contributed by atoms with Gasteiger partial charge in [0.2, 0.25) is 0 Å². The molecule has 5 heteroatoms. The van der Waals surface area contributed by atoms with Gasteiger partial charge in [0.25, 0.3) is 0 Å². The van der Waals surface area contributed by atoms with E-state index in [1.165, 1.54) is 6.42 Å². The number of hydrogen-bond acceptors (Lipinski definition) is 4. The van der Waals surface area contributed by atoms with Crippen molar-refractivity contribution in [1.82, 2.24) is 4.90 Å². The number of ether oxygens (including phenoxy) is 1. The van der Waals surface area contributed by atoms with E-state index in [1.54, 1.807) is 0 Å². The molecule has 2 aliphatic heterocycles. The lowest BCUT2D eigenvalue weighted by atomic mass is 10.1. The Bertz CT molecular complexity index is 537. The number of rotatable bonds is 3. The summed E-state index contributed by atoms with van der Waals surface area (Å²) in [5, 5.41) is 9.48.